The van der Waals surface area contributed by atoms with Crippen LogP contribution in [0.4, 0.5) is 0 Å². The number of hydrogen-bond acceptors (Lipinski definition) is 1. The third-order valence-corrected chi connectivity index (χ3v) is 6.85. The van der Waals surface area contributed by atoms with Crippen molar-refractivity contribution in [3.63, 3.8) is 0 Å². The first kappa shape index (κ1) is 17.9. The van der Waals surface area contributed by atoms with E-state index in [1.165, 1.54) is 22.3 Å². The van der Waals surface area contributed by atoms with Gasteiger partial charge < -0.3 is 4.74 Å². The molecule has 2 aliphatic rings. The molecule has 1 heteroatoms. The molecule has 27 heavy (non-hydrogen) atoms. The Hall–Kier alpha value is -2.54. The maximum absolute atomic E-state index is 6.35. The van der Waals surface area contributed by atoms with E-state index in [-0.39, 0.29) is 16.2 Å². The third kappa shape index (κ3) is 1.95. The lowest BCUT2D eigenvalue weighted by atomic mass is 9.49. The average molecular weight is 357 g/mol. The molecule has 0 atom stereocenters. The number of rotatable bonds is 2. The Morgan fingerprint density at radius 3 is 1.74 bits per heavy atom. The molecule has 4 rings (SSSR count). The second-order valence-electron chi connectivity index (χ2n) is 8.63. The first-order valence-electron chi connectivity index (χ1n) is 9.71. The Kier molecular flexibility index (Phi) is 3.79. The summed E-state index contributed by atoms with van der Waals surface area (Å²) in [5.74, 6) is 1.92. The van der Waals surface area contributed by atoms with Crippen molar-refractivity contribution in [1.29, 1.82) is 0 Å². The van der Waals surface area contributed by atoms with E-state index in [0.29, 0.717) is 0 Å². The molecule has 1 aliphatic carbocycles. The van der Waals surface area contributed by atoms with Crippen LogP contribution in [0.15, 0.2) is 84.5 Å². The van der Waals surface area contributed by atoms with Crippen LogP contribution in [0.1, 0.15) is 45.7 Å². The number of hydrogen-bond donors (Lipinski definition) is 0. The van der Waals surface area contributed by atoms with Crippen molar-refractivity contribution in [3.05, 3.63) is 95.6 Å². The molecular formula is C26H28O. The SMILES string of the molecule is C=CC1=C(/C=C\C)C(C)(C)C2(c3ccccc3Oc3ccccc32)C1(C)C. The summed E-state index contributed by atoms with van der Waals surface area (Å²) in [6.45, 7) is 15.8. The predicted molar refractivity (Wildman–Crippen MR) is 113 cm³/mol. The van der Waals surface area contributed by atoms with Gasteiger partial charge in [-0.3, -0.25) is 0 Å². The highest BCUT2D eigenvalue weighted by atomic mass is 16.5. The van der Waals surface area contributed by atoms with Gasteiger partial charge in [-0.25, -0.2) is 0 Å². The fourth-order valence-corrected chi connectivity index (χ4v) is 6.03. The molecule has 138 valence electrons. The Labute approximate surface area is 163 Å². The molecule has 1 heterocycles. The first-order chi connectivity index (χ1) is 12.8. The number of fused-ring (bicyclic) bond motifs is 4. The zero-order valence-corrected chi connectivity index (χ0v) is 17.0. The topological polar surface area (TPSA) is 9.23 Å². The van der Waals surface area contributed by atoms with Crippen molar-refractivity contribution >= 4 is 0 Å². The molecule has 2 aromatic rings. The van der Waals surface area contributed by atoms with Crippen molar-refractivity contribution in [2.75, 3.05) is 0 Å². The Balaban J connectivity index is 2.20. The van der Waals surface area contributed by atoms with E-state index in [2.05, 4.69) is 108 Å². The zero-order valence-electron chi connectivity index (χ0n) is 17.0. The summed E-state index contributed by atoms with van der Waals surface area (Å²) in [5.41, 5.74) is 4.67. The van der Waals surface area contributed by atoms with Gasteiger partial charge in [-0.1, -0.05) is 88.9 Å². The van der Waals surface area contributed by atoms with E-state index in [9.17, 15) is 0 Å². The smallest absolute Gasteiger partial charge is 0.131 e. The number of benzene rings is 2. The maximum Gasteiger partial charge on any atom is 0.131 e. The maximum atomic E-state index is 6.35. The average Bonchev–Trinajstić information content (AvgIpc) is 2.77. The molecule has 0 unspecified atom stereocenters. The molecule has 0 N–H and O–H groups in total. The van der Waals surface area contributed by atoms with Crippen LogP contribution in [-0.4, -0.2) is 0 Å². The summed E-state index contributed by atoms with van der Waals surface area (Å²) < 4.78 is 6.35. The van der Waals surface area contributed by atoms with Gasteiger partial charge in [0.05, 0.1) is 0 Å². The highest BCUT2D eigenvalue weighted by Crippen LogP contribution is 2.72. The van der Waals surface area contributed by atoms with Crippen LogP contribution < -0.4 is 4.74 Å². The van der Waals surface area contributed by atoms with Gasteiger partial charge in [-0.05, 0) is 30.2 Å². The molecule has 0 amide bonds. The molecule has 0 saturated heterocycles. The van der Waals surface area contributed by atoms with Gasteiger partial charge in [-0.15, -0.1) is 0 Å². The van der Waals surface area contributed by atoms with Crippen LogP contribution in [0.25, 0.3) is 0 Å². The lowest BCUT2D eigenvalue weighted by molar-refractivity contribution is 0.143. The predicted octanol–water partition coefficient (Wildman–Crippen LogP) is 7.20. The van der Waals surface area contributed by atoms with Crippen LogP contribution in [-0.2, 0) is 5.41 Å². The normalized spacial score (nSPS) is 21.1. The van der Waals surface area contributed by atoms with Gasteiger partial charge in [-0.2, -0.15) is 0 Å². The standard InChI is InChI=1S/C26H28O/c1-7-13-19-18(8-2)24(3,4)26(25(19,5)6)20-14-9-11-16-22(20)27-23-17-12-10-15-21(23)26/h7-17H,2H2,1,3-6H3/b13-7-. The summed E-state index contributed by atoms with van der Waals surface area (Å²) in [5, 5.41) is 0. The van der Waals surface area contributed by atoms with Gasteiger partial charge in [0.25, 0.3) is 0 Å². The zero-order chi connectivity index (χ0) is 19.4. The van der Waals surface area contributed by atoms with Crippen molar-refractivity contribution in [2.24, 2.45) is 10.8 Å². The minimum Gasteiger partial charge on any atom is -0.457 e. The van der Waals surface area contributed by atoms with Gasteiger partial charge >= 0.3 is 0 Å². The Morgan fingerprint density at radius 1 is 0.778 bits per heavy atom. The molecule has 2 aromatic carbocycles. The van der Waals surface area contributed by atoms with Crippen molar-refractivity contribution < 1.29 is 4.74 Å². The Morgan fingerprint density at radius 2 is 1.26 bits per heavy atom. The van der Waals surface area contributed by atoms with E-state index < -0.39 is 0 Å². The van der Waals surface area contributed by atoms with Gasteiger partial charge in [0.15, 0.2) is 0 Å². The molecule has 0 saturated carbocycles. The fraction of sp³-hybridized carbons (Fsp3) is 0.308. The van der Waals surface area contributed by atoms with Crippen molar-refractivity contribution in [3.8, 4) is 11.5 Å². The van der Waals surface area contributed by atoms with Crippen LogP contribution in [0.3, 0.4) is 0 Å². The second-order valence-corrected chi connectivity index (χ2v) is 8.63. The van der Waals surface area contributed by atoms with Crippen molar-refractivity contribution in [2.45, 2.75) is 40.0 Å². The van der Waals surface area contributed by atoms with Gasteiger partial charge in [0.1, 0.15) is 11.5 Å². The number of para-hydroxylation sites is 2. The second kappa shape index (κ2) is 5.73. The molecule has 0 aromatic heterocycles. The van der Waals surface area contributed by atoms with Crippen LogP contribution in [0.5, 0.6) is 11.5 Å². The lowest BCUT2D eigenvalue weighted by Crippen LogP contribution is -2.51. The van der Waals surface area contributed by atoms with Crippen LogP contribution in [0, 0.1) is 10.8 Å². The summed E-state index contributed by atoms with van der Waals surface area (Å²) in [4.78, 5) is 0. The van der Waals surface area contributed by atoms with Crippen molar-refractivity contribution in [1.82, 2.24) is 0 Å². The molecule has 0 bridgehead atoms. The quantitative estimate of drug-likeness (QED) is 0.552. The molecule has 0 radical (unpaired) electrons. The third-order valence-electron chi connectivity index (χ3n) is 6.85. The first-order valence-corrected chi connectivity index (χ1v) is 9.71. The van der Waals surface area contributed by atoms with Gasteiger partial charge in [0.2, 0.25) is 0 Å². The molecule has 0 fully saturated rings. The monoisotopic (exact) mass is 356 g/mol. The molecule has 1 nitrogen and oxygen atoms in total. The van der Waals surface area contributed by atoms with E-state index in [4.69, 9.17) is 4.74 Å². The minimum atomic E-state index is -0.246. The minimum absolute atomic E-state index is 0.136. The van der Waals surface area contributed by atoms with Crippen LogP contribution in [0.2, 0.25) is 0 Å². The van der Waals surface area contributed by atoms with Crippen LogP contribution >= 0.6 is 0 Å². The van der Waals surface area contributed by atoms with E-state index >= 15 is 0 Å². The van der Waals surface area contributed by atoms with E-state index in [0.717, 1.165) is 11.5 Å². The Bertz CT molecular complexity index is 939. The highest BCUT2D eigenvalue weighted by molar-refractivity contribution is 5.68. The highest BCUT2D eigenvalue weighted by Gasteiger charge is 2.66. The summed E-state index contributed by atoms with van der Waals surface area (Å²) >= 11 is 0. The lowest BCUT2D eigenvalue weighted by Gasteiger charge is -2.54. The molecule has 1 aliphatic heterocycles. The fourth-order valence-electron chi connectivity index (χ4n) is 6.03. The number of allylic oxidation sites excluding steroid dienone is 5. The van der Waals surface area contributed by atoms with E-state index in [1.807, 2.05) is 0 Å². The summed E-state index contributed by atoms with van der Waals surface area (Å²) in [6, 6.07) is 17.1. The largest absolute Gasteiger partial charge is 0.457 e. The number of ether oxygens (including phenoxy) is 1. The van der Waals surface area contributed by atoms with Gasteiger partial charge in [0, 0.05) is 27.4 Å². The molecule has 1 spiro atoms. The summed E-state index contributed by atoms with van der Waals surface area (Å²) in [7, 11) is 0. The molecular weight excluding hydrogens is 328 g/mol. The van der Waals surface area contributed by atoms with E-state index in [1.54, 1.807) is 0 Å². The summed E-state index contributed by atoms with van der Waals surface area (Å²) in [6.07, 6.45) is 6.48.